The van der Waals surface area contributed by atoms with Gasteiger partial charge in [0.05, 0.1) is 25.3 Å². The lowest BCUT2D eigenvalue weighted by Gasteiger charge is -2.28. The average Bonchev–Trinajstić information content (AvgIpc) is 3.15. The number of nitrogens with zero attached hydrogens (tertiary/aromatic N) is 2. The van der Waals surface area contributed by atoms with Crippen LogP contribution in [0.5, 0.6) is 17.2 Å². The number of methoxy groups -OCH3 is 2. The van der Waals surface area contributed by atoms with E-state index in [-0.39, 0.29) is 10.8 Å². The largest absolute Gasteiger partial charge is 0.507 e. The maximum atomic E-state index is 11.3. The number of aryl methyl sites for hydroxylation is 1. The molecule has 0 amide bonds. The van der Waals surface area contributed by atoms with Gasteiger partial charge in [-0.15, -0.1) is 0 Å². The number of fused-ring (bicyclic) bond motifs is 1. The van der Waals surface area contributed by atoms with Gasteiger partial charge in [-0.05, 0) is 65.8 Å². The van der Waals surface area contributed by atoms with Crippen LogP contribution in [0.4, 0.5) is 0 Å². The van der Waals surface area contributed by atoms with E-state index < -0.39 is 0 Å². The molecular formula is C30H36N2O3. The lowest BCUT2D eigenvalue weighted by Crippen LogP contribution is -2.18. The highest BCUT2D eigenvalue weighted by molar-refractivity contribution is 5.84. The van der Waals surface area contributed by atoms with Crippen LogP contribution in [0.3, 0.4) is 0 Å². The maximum absolute atomic E-state index is 11.3. The lowest BCUT2D eigenvalue weighted by atomic mass is 9.79. The SMILES string of the molecule is COc1ccc(-c2nc3cc(C)ccc3n2-c2cc(C(C)(C)C)c(O)c(C(C)(C)C)c2)cc1OC. The second-order valence-electron chi connectivity index (χ2n) is 11.2. The van der Waals surface area contributed by atoms with Crippen molar-refractivity contribution in [2.45, 2.75) is 59.3 Å². The van der Waals surface area contributed by atoms with Gasteiger partial charge in [-0.2, -0.15) is 0 Å². The number of aromatic nitrogens is 2. The number of benzene rings is 3. The van der Waals surface area contributed by atoms with Crippen molar-refractivity contribution >= 4 is 11.0 Å². The molecule has 0 unspecified atom stereocenters. The molecule has 4 aromatic rings. The smallest absolute Gasteiger partial charge is 0.161 e. The minimum atomic E-state index is -0.240. The van der Waals surface area contributed by atoms with Crippen LogP contribution in [0.25, 0.3) is 28.1 Å². The molecule has 0 saturated heterocycles. The predicted molar refractivity (Wildman–Crippen MR) is 143 cm³/mol. The normalized spacial score (nSPS) is 12.3. The molecular weight excluding hydrogens is 436 g/mol. The molecule has 0 atom stereocenters. The first-order valence-corrected chi connectivity index (χ1v) is 11.9. The summed E-state index contributed by atoms with van der Waals surface area (Å²) in [7, 11) is 3.27. The van der Waals surface area contributed by atoms with E-state index >= 15 is 0 Å². The van der Waals surface area contributed by atoms with Gasteiger partial charge in [0.15, 0.2) is 11.5 Å². The Hall–Kier alpha value is -3.47. The van der Waals surface area contributed by atoms with Crippen molar-refractivity contribution in [3.05, 3.63) is 65.2 Å². The van der Waals surface area contributed by atoms with Crippen molar-refractivity contribution in [3.8, 4) is 34.3 Å². The van der Waals surface area contributed by atoms with E-state index in [2.05, 4.69) is 83.4 Å². The zero-order valence-corrected chi connectivity index (χ0v) is 22.3. The standard InChI is InChI=1S/C30H36N2O3/c1-18-10-12-24-23(14-18)31-28(19-11-13-25(34-8)26(15-19)35-9)32(24)20-16-21(29(2,3)4)27(33)22(17-20)30(5,6)7/h10-17,33H,1-9H3. The number of aromatic hydroxyl groups is 1. The van der Waals surface area contributed by atoms with Crippen LogP contribution in [0.1, 0.15) is 58.2 Å². The number of rotatable bonds is 4. The van der Waals surface area contributed by atoms with Crippen molar-refractivity contribution in [3.63, 3.8) is 0 Å². The Balaban J connectivity index is 2.10. The van der Waals surface area contributed by atoms with E-state index in [4.69, 9.17) is 14.5 Å². The van der Waals surface area contributed by atoms with Crippen molar-refractivity contribution in [2.24, 2.45) is 0 Å². The van der Waals surface area contributed by atoms with Gasteiger partial charge in [0.1, 0.15) is 11.6 Å². The second-order valence-corrected chi connectivity index (χ2v) is 11.2. The average molecular weight is 473 g/mol. The highest BCUT2D eigenvalue weighted by atomic mass is 16.5. The van der Waals surface area contributed by atoms with E-state index in [1.807, 2.05) is 18.2 Å². The fraction of sp³-hybridized carbons (Fsp3) is 0.367. The molecule has 0 aliphatic rings. The third-order valence-electron chi connectivity index (χ3n) is 6.42. The summed E-state index contributed by atoms with van der Waals surface area (Å²) in [6.07, 6.45) is 0. The van der Waals surface area contributed by atoms with Crippen LogP contribution in [0, 0.1) is 6.92 Å². The molecule has 0 radical (unpaired) electrons. The third-order valence-corrected chi connectivity index (χ3v) is 6.42. The van der Waals surface area contributed by atoms with Gasteiger partial charge >= 0.3 is 0 Å². The zero-order chi connectivity index (χ0) is 25.7. The number of hydrogen-bond donors (Lipinski definition) is 1. The molecule has 0 saturated carbocycles. The highest BCUT2D eigenvalue weighted by Gasteiger charge is 2.28. The van der Waals surface area contributed by atoms with Gasteiger partial charge in [-0.25, -0.2) is 4.98 Å². The Kier molecular flexibility index (Phi) is 6.08. The van der Waals surface area contributed by atoms with Crippen LogP contribution in [0.2, 0.25) is 0 Å². The summed E-state index contributed by atoms with van der Waals surface area (Å²) in [5.74, 6) is 2.49. The fourth-order valence-electron chi connectivity index (χ4n) is 4.51. The summed E-state index contributed by atoms with van der Waals surface area (Å²) >= 11 is 0. The highest BCUT2D eigenvalue weighted by Crippen LogP contribution is 2.42. The Morgan fingerprint density at radius 1 is 0.771 bits per heavy atom. The zero-order valence-electron chi connectivity index (χ0n) is 22.3. The summed E-state index contributed by atoms with van der Waals surface area (Å²) in [6, 6.07) is 16.4. The van der Waals surface area contributed by atoms with Crippen LogP contribution in [-0.4, -0.2) is 28.9 Å². The van der Waals surface area contributed by atoms with Crippen molar-refractivity contribution < 1.29 is 14.6 Å². The minimum absolute atomic E-state index is 0.240. The summed E-state index contributed by atoms with van der Waals surface area (Å²) < 4.78 is 13.2. The molecule has 4 rings (SSSR count). The Morgan fingerprint density at radius 2 is 1.37 bits per heavy atom. The minimum Gasteiger partial charge on any atom is -0.507 e. The predicted octanol–water partition coefficient (Wildman–Crippen LogP) is 7.32. The maximum Gasteiger partial charge on any atom is 0.161 e. The molecule has 184 valence electrons. The molecule has 1 aromatic heterocycles. The van der Waals surface area contributed by atoms with Crippen molar-refractivity contribution in [1.29, 1.82) is 0 Å². The van der Waals surface area contributed by atoms with Gasteiger partial charge in [0.2, 0.25) is 0 Å². The summed E-state index contributed by atoms with van der Waals surface area (Å²) in [6.45, 7) is 14.8. The van der Waals surface area contributed by atoms with Crippen molar-refractivity contribution in [1.82, 2.24) is 9.55 Å². The van der Waals surface area contributed by atoms with Crippen LogP contribution in [0.15, 0.2) is 48.5 Å². The molecule has 0 spiro atoms. The summed E-state index contributed by atoms with van der Waals surface area (Å²) in [5, 5.41) is 11.3. The molecule has 1 N–H and O–H groups in total. The first-order valence-electron chi connectivity index (χ1n) is 11.9. The summed E-state index contributed by atoms with van der Waals surface area (Å²) in [4.78, 5) is 5.06. The number of ether oxygens (including phenoxy) is 2. The van der Waals surface area contributed by atoms with Gasteiger partial charge in [-0.3, -0.25) is 4.57 Å². The number of phenols is 1. The van der Waals surface area contributed by atoms with Crippen LogP contribution in [-0.2, 0) is 10.8 Å². The quantitative estimate of drug-likeness (QED) is 0.338. The number of imidazole rings is 1. The molecule has 35 heavy (non-hydrogen) atoms. The number of hydrogen-bond acceptors (Lipinski definition) is 4. The molecule has 5 nitrogen and oxygen atoms in total. The molecule has 3 aromatic carbocycles. The van der Waals surface area contributed by atoms with Gasteiger partial charge in [-0.1, -0.05) is 47.6 Å². The first-order chi connectivity index (χ1) is 16.3. The third kappa shape index (κ3) is 4.47. The molecule has 5 heteroatoms. The van der Waals surface area contributed by atoms with E-state index in [0.29, 0.717) is 17.2 Å². The second kappa shape index (κ2) is 8.63. The van der Waals surface area contributed by atoms with Gasteiger partial charge in [0, 0.05) is 22.4 Å². The Morgan fingerprint density at radius 3 is 1.91 bits per heavy atom. The first kappa shape index (κ1) is 24.6. The van der Waals surface area contributed by atoms with E-state index in [9.17, 15) is 5.11 Å². The molecule has 1 heterocycles. The molecule has 0 fully saturated rings. The van der Waals surface area contributed by atoms with Crippen LogP contribution < -0.4 is 9.47 Å². The van der Waals surface area contributed by atoms with Gasteiger partial charge < -0.3 is 14.6 Å². The Bertz CT molecular complexity index is 1370. The van der Waals surface area contributed by atoms with Gasteiger partial charge in [0.25, 0.3) is 0 Å². The monoisotopic (exact) mass is 472 g/mol. The van der Waals surface area contributed by atoms with E-state index in [0.717, 1.165) is 44.8 Å². The van der Waals surface area contributed by atoms with Crippen molar-refractivity contribution in [2.75, 3.05) is 14.2 Å². The van der Waals surface area contributed by atoms with E-state index in [1.165, 1.54) is 0 Å². The number of phenolic OH excluding ortho intramolecular Hbond substituents is 1. The lowest BCUT2D eigenvalue weighted by molar-refractivity contribution is 0.355. The fourth-order valence-corrected chi connectivity index (χ4v) is 4.51. The van der Waals surface area contributed by atoms with Crippen LogP contribution >= 0.6 is 0 Å². The molecule has 0 aliphatic heterocycles. The Labute approximate surface area is 208 Å². The summed E-state index contributed by atoms with van der Waals surface area (Å²) in [5.41, 5.74) is 6.29. The molecule has 0 bridgehead atoms. The van der Waals surface area contributed by atoms with E-state index in [1.54, 1.807) is 14.2 Å². The molecule has 0 aliphatic carbocycles. The topological polar surface area (TPSA) is 56.5 Å².